The Hall–Kier alpha value is -3.24. The number of fused-ring (bicyclic) bond motifs is 1. The van der Waals surface area contributed by atoms with Gasteiger partial charge in [-0.3, -0.25) is 0 Å². The molecule has 1 saturated heterocycles. The summed E-state index contributed by atoms with van der Waals surface area (Å²) in [6.45, 7) is 1.13. The predicted octanol–water partition coefficient (Wildman–Crippen LogP) is 1.58. The van der Waals surface area contributed by atoms with Crippen LogP contribution in [0, 0.1) is 0 Å². The number of nitrogens with zero attached hydrogens (tertiary/aromatic N) is 5. The van der Waals surface area contributed by atoms with Gasteiger partial charge in [0, 0.05) is 25.2 Å². The van der Waals surface area contributed by atoms with Gasteiger partial charge >= 0.3 is 0 Å². The van der Waals surface area contributed by atoms with Gasteiger partial charge in [0.15, 0.2) is 15.7 Å². The number of hydrogen-bond acceptors (Lipinski definition) is 9. The minimum absolute atomic E-state index is 0.0474. The van der Waals surface area contributed by atoms with E-state index >= 15 is 0 Å². The van der Waals surface area contributed by atoms with E-state index in [-0.39, 0.29) is 29.9 Å². The molecule has 1 fully saturated rings. The highest BCUT2D eigenvalue weighted by atomic mass is 32.2. The SMILES string of the molecule is O=S1(=O)CCN(c2nc(-c3cccc(O)c3)nc(N3CCc4ccccc4[C@@H]3CO)n2)CC1. The lowest BCUT2D eigenvalue weighted by Crippen LogP contribution is -2.42. The molecule has 0 radical (unpaired) electrons. The molecule has 1 aromatic heterocycles. The summed E-state index contributed by atoms with van der Waals surface area (Å²) >= 11 is 0. The number of aliphatic hydroxyl groups excluding tert-OH is 1. The number of phenols is 1. The van der Waals surface area contributed by atoms with Gasteiger partial charge in [-0.25, -0.2) is 8.42 Å². The Balaban J connectivity index is 1.58. The fourth-order valence-corrected chi connectivity index (χ4v) is 5.60. The zero-order valence-electron chi connectivity index (χ0n) is 18.0. The molecule has 0 amide bonds. The van der Waals surface area contributed by atoms with Crippen LogP contribution in [0.1, 0.15) is 17.2 Å². The number of rotatable bonds is 4. The van der Waals surface area contributed by atoms with Crippen molar-refractivity contribution in [3.63, 3.8) is 0 Å². The van der Waals surface area contributed by atoms with E-state index in [9.17, 15) is 18.6 Å². The van der Waals surface area contributed by atoms with Crippen molar-refractivity contribution in [3.8, 4) is 17.1 Å². The molecule has 9 nitrogen and oxygen atoms in total. The number of anilines is 2. The second-order valence-electron chi connectivity index (χ2n) is 8.29. The summed E-state index contributed by atoms with van der Waals surface area (Å²) < 4.78 is 23.8. The van der Waals surface area contributed by atoms with Crippen LogP contribution in [0.15, 0.2) is 48.5 Å². The number of phenolic OH excluding ortho intramolecular Hbond substituents is 1. The molecule has 33 heavy (non-hydrogen) atoms. The first-order chi connectivity index (χ1) is 15.9. The first-order valence-electron chi connectivity index (χ1n) is 10.9. The maximum atomic E-state index is 11.9. The molecule has 5 rings (SSSR count). The molecule has 0 unspecified atom stereocenters. The predicted molar refractivity (Wildman–Crippen MR) is 125 cm³/mol. The Labute approximate surface area is 192 Å². The van der Waals surface area contributed by atoms with E-state index in [0.29, 0.717) is 42.9 Å². The van der Waals surface area contributed by atoms with Crippen LogP contribution in [0.3, 0.4) is 0 Å². The van der Waals surface area contributed by atoms with E-state index < -0.39 is 9.84 Å². The van der Waals surface area contributed by atoms with Crippen LogP contribution in [-0.4, -0.2) is 71.3 Å². The van der Waals surface area contributed by atoms with Gasteiger partial charge in [-0.05, 0) is 29.7 Å². The number of aliphatic hydroxyl groups is 1. The molecule has 0 spiro atoms. The van der Waals surface area contributed by atoms with Crippen molar-refractivity contribution in [2.45, 2.75) is 12.5 Å². The van der Waals surface area contributed by atoms with Gasteiger partial charge in [0.05, 0.1) is 24.2 Å². The highest BCUT2D eigenvalue weighted by Crippen LogP contribution is 2.33. The number of aromatic hydroxyl groups is 1. The molecule has 1 atom stereocenters. The van der Waals surface area contributed by atoms with Crippen molar-refractivity contribution in [1.29, 1.82) is 0 Å². The summed E-state index contributed by atoms with van der Waals surface area (Å²) in [5.41, 5.74) is 2.86. The maximum Gasteiger partial charge on any atom is 0.231 e. The molecular formula is C23H25N5O4S. The Morgan fingerprint density at radius 2 is 1.70 bits per heavy atom. The molecule has 172 valence electrons. The lowest BCUT2D eigenvalue weighted by Gasteiger charge is -2.37. The maximum absolute atomic E-state index is 11.9. The summed E-state index contributed by atoms with van der Waals surface area (Å²) in [5.74, 6) is 1.39. The van der Waals surface area contributed by atoms with Gasteiger partial charge in [-0.1, -0.05) is 36.4 Å². The van der Waals surface area contributed by atoms with E-state index in [1.807, 2.05) is 28.0 Å². The van der Waals surface area contributed by atoms with E-state index in [1.54, 1.807) is 24.3 Å². The largest absolute Gasteiger partial charge is 0.508 e. The van der Waals surface area contributed by atoms with Gasteiger partial charge in [0.2, 0.25) is 11.9 Å². The molecule has 10 heteroatoms. The van der Waals surface area contributed by atoms with Crippen LogP contribution in [0.2, 0.25) is 0 Å². The average molecular weight is 468 g/mol. The fourth-order valence-electron chi connectivity index (χ4n) is 4.40. The second kappa shape index (κ2) is 8.60. The quantitative estimate of drug-likeness (QED) is 0.589. The standard InChI is InChI=1S/C23H25N5O4S/c29-15-20-19-7-2-1-4-16(19)8-9-28(20)23-25-21(17-5-3-6-18(30)14-17)24-22(26-23)27-10-12-33(31,32)13-11-27/h1-7,14,20,29-30H,8-13,15H2/t20-/m0/s1. The van der Waals surface area contributed by atoms with Crippen molar-refractivity contribution in [2.75, 3.05) is 47.5 Å². The smallest absolute Gasteiger partial charge is 0.231 e. The number of hydrogen-bond donors (Lipinski definition) is 2. The van der Waals surface area contributed by atoms with Crippen LogP contribution in [0.5, 0.6) is 5.75 Å². The topological polar surface area (TPSA) is 120 Å². The fraction of sp³-hybridized carbons (Fsp3) is 0.348. The van der Waals surface area contributed by atoms with Crippen LogP contribution in [-0.2, 0) is 16.3 Å². The molecule has 0 aliphatic carbocycles. The first kappa shape index (κ1) is 21.6. The summed E-state index contributed by atoms with van der Waals surface area (Å²) in [4.78, 5) is 17.8. The molecule has 2 aliphatic rings. The number of aromatic nitrogens is 3. The minimum atomic E-state index is -3.06. The molecule has 2 aromatic carbocycles. The lowest BCUT2D eigenvalue weighted by molar-refractivity contribution is 0.256. The Bertz CT molecular complexity index is 1270. The molecule has 2 aliphatic heterocycles. The lowest BCUT2D eigenvalue weighted by atomic mass is 9.93. The molecule has 3 heterocycles. The third-order valence-corrected chi connectivity index (χ3v) is 7.79. The highest BCUT2D eigenvalue weighted by Gasteiger charge is 2.31. The van der Waals surface area contributed by atoms with Crippen LogP contribution >= 0.6 is 0 Å². The van der Waals surface area contributed by atoms with Gasteiger partial charge in [-0.15, -0.1) is 0 Å². The van der Waals surface area contributed by atoms with Crippen LogP contribution in [0.25, 0.3) is 11.4 Å². The van der Waals surface area contributed by atoms with Crippen molar-refractivity contribution >= 4 is 21.7 Å². The highest BCUT2D eigenvalue weighted by molar-refractivity contribution is 7.91. The summed E-state index contributed by atoms with van der Waals surface area (Å²) in [7, 11) is -3.06. The van der Waals surface area contributed by atoms with Gasteiger partial charge in [0.1, 0.15) is 5.75 Å². The van der Waals surface area contributed by atoms with E-state index in [2.05, 4.69) is 11.1 Å². The summed E-state index contributed by atoms with van der Waals surface area (Å²) in [5, 5.41) is 20.2. The molecule has 0 bridgehead atoms. The first-order valence-corrected chi connectivity index (χ1v) is 12.7. The zero-order valence-corrected chi connectivity index (χ0v) is 18.8. The number of benzene rings is 2. The van der Waals surface area contributed by atoms with E-state index in [4.69, 9.17) is 9.97 Å². The third-order valence-electron chi connectivity index (χ3n) is 6.19. The van der Waals surface area contributed by atoms with Gasteiger partial charge < -0.3 is 20.0 Å². The van der Waals surface area contributed by atoms with Gasteiger partial charge in [-0.2, -0.15) is 15.0 Å². The molecule has 0 saturated carbocycles. The Morgan fingerprint density at radius 3 is 2.45 bits per heavy atom. The minimum Gasteiger partial charge on any atom is -0.508 e. The Kier molecular flexibility index (Phi) is 5.63. The van der Waals surface area contributed by atoms with Crippen molar-refractivity contribution in [2.24, 2.45) is 0 Å². The molecule has 2 N–H and O–H groups in total. The average Bonchev–Trinajstić information content (AvgIpc) is 2.83. The van der Waals surface area contributed by atoms with Crippen molar-refractivity contribution in [1.82, 2.24) is 15.0 Å². The van der Waals surface area contributed by atoms with Gasteiger partial charge in [0.25, 0.3) is 0 Å². The van der Waals surface area contributed by atoms with Crippen molar-refractivity contribution < 1.29 is 18.6 Å². The third kappa shape index (κ3) is 4.36. The van der Waals surface area contributed by atoms with E-state index in [0.717, 1.165) is 12.0 Å². The van der Waals surface area contributed by atoms with E-state index in [1.165, 1.54) is 5.56 Å². The summed E-state index contributed by atoms with van der Waals surface area (Å²) in [6.07, 6.45) is 0.789. The van der Waals surface area contributed by atoms with Crippen molar-refractivity contribution in [3.05, 3.63) is 59.7 Å². The second-order valence-corrected chi connectivity index (χ2v) is 10.6. The summed E-state index contributed by atoms with van der Waals surface area (Å²) in [6, 6.07) is 14.4. The molecular weight excluding hydrogens is 442 g/mol. The monoisotopic (exact) mass is 467 g/mol. The number of sulfone groups is 1. The normalized spacial score (nSPS) is 19.8. The molecule has 3 aromatic rings. The van der Waals surface area contributed by atoms with Crippen LogP contribution in [0.4, 0.5) is 11.9 Å². The zero-order chi connectivity index (χ0) is 23.0. The van der Waals surface area contributed by atoms with Crippen LogP contribution < -0.4 is 9.80 Å². The Morgan fingerprint density at radius 1 is 0.939 bits per heavy atom.